The SMILES string of the molecule is c1ccc(C2CCCCN2Cc2cn[nH]c2-c2ccc3c(c2)OCO3)nc1. The van der Waals surface area contributed by atoms with Crippen LogP contribution >= 0.6 is 0 Å². The molecule has 0 saturated carbocycles. The summed E-state index contributed by atoms with van der Waals surface area (Å²) in [5.74, 6) is 1.59. The molecular formula is C21H22N4O2. The Morgan fingerprint density at radius 1 is 1.11 bits per heavy atom. The number of rotatable bonds is 4. The van der Waals surface area contributed by atoms with Gasteiger partial charge in [-0.15, -0.1) is 0 Å². The van der Waals surface area contributed by atoms with Crippen LogP contribution < -0.4 is 9.47 Å². The highest BCUT2D eigenvalue weighted by molar-refractivity contribution is 5.66. The Labute approximate surface area is 158 Å². The zero-order chi connectivity index (χ0) is 18.1. The standard InChI is InChI=1S/C21H22N4O2/c1-3-9-22-17(5-1)18-6-2-4-10-25(18)13-16-12-23-24-21(16)15-7-8-19-20(11-15)27-14-26-19/h1,3,5,7-9,11-12,18H,2,4,6,10,13-14H2,(H,23,24). The molecule has 1 saturated heterocycles. The first-order valence-corrected chi connectivity index (χ1v) is 9.46. The fraction of sp³-hybridized carbons (Fsp3) is 0.333. The first kappa shape index (κ1) is 16.3. The molecule has 27 heavy (non-hydrogen) atoms. The van der Waals surface area contributed by atoms with E-state index in [0.29, 0.717) is 6.04 Å². The highest BCUT2D eigenvalue weighted by Gasteiger charge is 2.26. The minimum absolute atomic E-state index is 0.286. The van der Waals surface area contributed by atoms with Gasteiger partial charge in [0.2, 0.25) is 6.79 Å². The summed E-state index contributed by atoms with van der Waals surface area (Å²) in [5.41, 5.74) is 4.46. The van der Waals surface area contributed by atoms with Crippen molar-refractivity contribution in [1.29, 1.82) is 0 Å². The fourth-order valence-electron chi connectivity index (χ4n) is 4.04. The predicted octanol–water partition coefficient (Wildman–Crippen LogP) is 3.93. The summed E-state index contributed by atoms with van der Waals surface area (Å²) < 4.78 is 10.9. The normalized spacial score (nSPS) is 19.3. The lowest BCUT2D eigenvalue weighted by molar-refractivity contribution is 0.137. The van der Waals surface area contributed by atoms with Gasteiger partial charge in [-0.1, -0.05) is 12.5 Å². The number of aromatic nitrogens is 3. The molecule has 6 heteroatoms. The summed E-state index contributed by atoms with van der Waals surface area (Å²) >= 11 is 0. The second-order valence-electron chi connectivity index (χ2n) is 7.07. The number of benzene rings is 1. The van der Waals surface area contributed by atoms with Crippen molar-refractivity contribution in [3.05, 3.63) is 60.0 Å². The molecule has 1 aromatic carbocycles. The van der Waals surface area contributed by atoms with Crippen LogP contribution in [0.5, 0.6) is 11.5 Å². The fourth-order valence-corrected chi connectivity index (χ4v) is 4.04. The molecule has 138 valence electrons. The molecule has 0 spiro atoms. The van der Waals surface area contributed by atoms with E-state index in [9.17, 15) is 0 Å². The summed E-state index contributed by atoms with van der Waals surface area (Å²) in [6.45, 7) is 2.21. The molecule has 0 bridgehead atoms. The molecule has 3 aromatic rings. The van der Waals surface area contributed by atoms with Crippen molar-refractivity contribution in [2.45, 2.75) is 31.8 Å². The molecule has 2 aliphatic rings. The molecule has 1 N–H and O–H groups in total. The van der Waals surface area contributed by atoms with Crippen molar-refractivity contribution < 1.29 is 9.47 Å². The third kappa shape index (κ3) is 3.17. The van der Waals surface area contributed by atoms with Crippen LogP contribution in [0.4, 0.5) is 0 Å². The quantitative estimate of drug-likeness (QED) is 0.762. The number of ether oxygens (including phenoxy) is 2. The smallest absolute Gasteiger partial charge is 0.231 e. The largest absolute Gasteiger partial charge is 0.454 e. The van der Waals surface area contributed by atoms with Gasteiger partial charge < -0.3 is 9.47 Å². The molecule has 1 fully saturated rings. The lowest BCUT2D eigenvalue weighted by atomic mass is 9.97. The number of hydrogen-bond donors (Lipinski definition) is 1. The summed E-state index contributed by atoms with van der Waals surface area (Å²) in [6.07, 6.45) is 7.44. The Morgan fingerprint density at radius 2 is 2.07 bits per heavy atom. The van der Waals surface area contributed by atoms with Crippen LogP contribution in [0.1, 0.15) is 36.6 Å². The van der Waals surface area contributed by atoms with Gasteiger partial charge in [-0.3, -0.25) is 15.0 Å². The number of aromatic amines is 1. The molecule has 2 aliphatic heterocycles. The number of fused-ring (bicyclic) bond motifs is 1. The summed E-state index contributed by atoms with van der Waals surface area (Å²) in [4.78, 5) is 7.13. The van der Waals surface area contributed by atoms with E-state index in [1.54, 1.807) is 0 Å². The highest BCUT2D eigenvalue weighted by Crippen LogP contribution is 2.37. The molecule has 0 aliphatic carbocycles. The van der Waals surface area contributed by atoms with Gasteiger partial charge in [0.05, 0.1) is 23.6 Å². The zero-order valence-electron chi connectivity index (χ0n) is 15.1. The molecule has 5 rings (SSSR count). The van der Waals surface area contributed by atoms with Gasteiger partial charge in [-0.2, -0.15) is 5.10 Å². The van der Waals surface area contributed by atoms with Crippen molar-refractivity contribution in [2.24, 2.45) is 0 Å². The maximum absolute atomic E-state index is 5.53. The summed E-state index contributed by atoms with van der Waals surface area (Å²) in [6, 6.07) is 12.6. The molecule has 1 atom stereocenters. The van der Waals surface area contributed by atoms with Crippen LogP contribution in [0.2, 0.25) is 0 Å². The van der Waals surface area contributed by atoms with Gasteiger partial charge in [0.15, 0.2) is 11.5 Å². The van der Waals surface area contributed by atoms with Gasteiger partial charge in [0, 0.05) is 23.9 Å². The lowest BCUT2D eigenvalue weighted by Crippen LogP contribution is -2.33. The number of hydrogen-bond acceptors (Lipinski definition) is 5. The van der Waals surface area contributed by atoms with Gasteiger partial charge >= 0.3 is 0 Å². The third-order valence-corrected chi connectivity index (χ3v) is 5.40. The average molecular weight is 362 g/mol. The topological polar surface area (TPSA) is 63.3 Å². The second-order valence-corrected chi connectivity index (χ2v) is 7.07. The Bertz CT molecular complexity index is 925. The summed E-state index contributed by atoms with van der Waals surface area (Å²) in [5, 5.41) is 7.48. The number of likely N-dealkylation sites (tertiary alicyclic amines) is 1. The van der Waals surface area contributed by atoms with Crippen LogP contribution in [0.25, 0.3) is 11.3 Å². The van der Waals surface area contributed by atoms with E-state index in [0.717, 1.165) is 48.0 Å². The lowest BCUT2D eigenvalue weighted by Gasteiger charge is -2.35. The number of nitrogens with one attached hydrogen (secondary N) is 1. The molecule has 1 unspecified atom stereocenters. The highest BCUT2D eigenvalue weighted by atomic mass is 16.7. The number of piperidine rings is 1. The minimum Gasteiger partial charge on any atom is -0.454 e. The molecular weight excluding hydrogens is 340 g/mol. The van der Waals surface area contributed by atoms with Crippen LogP contribution in [0.15, 0.2) is 48.8 Å². The van der Waals surface area contributed by atoms with Crippen LogP contribution in [0, 0.1) is 0 Å². The molecule has 0 amide bonds. The van der Waals surface area contributed by atoms with E-state index >= 15 is 0 Å². The van der Waals surface area contributed by atoms with Crippen molar-refractivity contribution in [1.82, 2.24) is 20.1 Å². The Balaban J connectivity index is 1.42. The first-order chi connectivity index (χ1) is 13.4. The van der Waals surface area contributed by atoms with Crippen molar-refractivity contribution >= 4 is 0 Å². The Hall–Kier alpha value is -2.86. The first-order valence-electron chi connectivity index (χ1n) is 9.46. The van der Waals surface area contributed by atoms with E-state index in [-0.39, 0.29) is 6.79 Å². The van der Waals surface area contributed by atoms with Crippen LogP contribution in [-0.2, 0) is 6.54 Å². The molecule has 6 nitrogen and oxygen atoms in total. The van der Waals surface area contributed by atoms with Gasteiger partial charge in [0.1, 0.15) is 0 Å². The molecule has 0 radical (unpaired) electrons. The van der Waals surface area contributed by atoms with Crippen molar-refractivity contribution in [3.63, 3.8) is 0 Å². The molecule has 2 aromatic heterocycles. The van der Waals surface area contributed by atoms with Crippen LogP contribution in [0.3, 0.4) is 0 Å². The second kappa shape index (κ2) is 7.04. The predicted molar refractivity (Wildman–Crippen MR) is 101 cm³/mol. The average Bonchev–Trinajstić information content (AvgIpc) is 3.37. The van der Waals surface area contributed by atoms with Gasteiger partial charge in [0.25, 0.3) is 0 Å². The monoisotopic (exact) mass is 362 g/mol. The number of nitrogens with zero attached hydrogens (tertiary/aromatic N) is 3. The van der Waals surface area contributed by atoms with Crippen molar-refractivity contribution in [2.75, 3.05) is 13.3 Å². The Morgan fingerprint density at radius 3 is 3.00 bits per heavy atom. The Kier molecular flexibility index (Phi) is 4.26. The molecule has 4 heterocycles. The maximum atomic E-state index is 5.53. The van der Waals surface area contributed by atoms with Gasteiger partial charge in [-0.25, -0.2) is 0 Å². The zero-order valence-corrected chi connectivity index (χ0v) is 15.1. The minimum atomic E-state index is 0.286. The number of pyridine rings is 1. The number of H-pyrrole nitrogens is 1. The van der Waals surface area contributed by atoms with Crippen LogP contribution in [-0.4, -0.2) is 33.4 Å². The van der Waals surface area contributed by atoms with Gasteiger partial charge in [-0.05, 0) is 49.7 Å². The van der Waals surface area contributed by atoms with E-state index in [2.05, 4.69) is 38.3 Å². The van der Waals surface area contributed by atoms with E-state index in [4.69, 9.17) is 9.47 Å². The van der Waals surface area contributed by atoms with Crippen molar-refractivity contribution in [3.8, 4) is 22.8 Å². The summed E-state index contributed by atoms with van der Waals surface area (Å²) in [7, 11) is 0. The van der Waals surface area contributed by atoms with E-state index < -0.39 is 0 Å². The third-order valence-electron chi connectivity index (χ3n) is 5.40. The maximum Gasteiger partial charge on any atom is 0.231 e. The van der Waals surface area contributed by atoms with E-state index in [1.165, 1.54) is 18.4 Å². The van der Waals surface area contributed by atoms with E-state index in [1.807, 2.05) is 30.6 Å².